The van der Waals surface area contributed by atoms with Crippen LogP contribution in [0.1, 0.15) is 18.4 Å². The average Bonchev–Trinajstić information content (AvgIpc) is 2.46. The van der Waals surface area contributed by atoms with E-state index in [9.17, 15) is 13.6 Å². The molecule has 0 saturated carbocycles. The molecule has 1 rings (SSSR count). The van der Waals surface area contributed by atoms with Gasteiger partial charge in [0.2, 0.25) is 5.91 Å². The molecule has 1 aromatic rings. The van der Waals surface area contributed by atoms with E-state index in [1.54, 1.807) is 7.11 Å². The van der Waals surface area contributed by atoms with E-state index in [0.29, 0.717) is 44.5 Å². The van der Waals surface area contributed by atoms with Gasteiger partial charge in [0.1, 0.15) is 0 Å². The first-order chi connectivity index (χ1) is 10.1. The van der Waals surface area contributed by atoms with Gasteiger partial charge in [-0.2, -0.15) is 0 Å². The van der Waals surface area contributed by atoms with E-state index in [0.717, 1.165) is 12.6 Å². The Morgan fingerprint density at radius 2 is 2.00 bits per heavy atom. The van der Waals surface area contributed by atoms with E-state index in [1.165, 1.54) is 12.1 Å². The third-order valence-electron chi connectivity index (χ3n) is 2.96. The molecule has 4 nitrogen and oxygen atoms in total. The summed E-state index contributed by atoms with van der Waals surface area (Å²) in [6, 6.07) is 3.82. The van der Waals surface area contributed by atoms with E-state index in [-0.39, 0.29) is 5.91 Å². The number of nitrogens with one attached hydrogen (secondary N) is 2. The van der Waals surface area contributed by atoms with Crippen molar-refractivity contribution < 1.29 is 18.3 Å². The molecule has 2 N–H and O–H groups in total. The lowest BCUT2D eigenvalue weighted by Gasteiger charge is -2.07. The average molecular weight is 300 g/mol. The first kappa shape index (κ1) is 17.5. The second kappa shape index (κ2) is 10.2. The number of hydrogen-bond acceptors (Lipinski definition) is 3. The van der Waals surface area contributed by atoms with Gasteiger partial charge in [-0.05, 0) is 30.5 Å². The highest BCUT2D eigenvalue weighted by Gasteiger charge is 2.04. The Labute approximate surface area is 123 Å². The molecule has 0 saturated heterocycles. The fourth-order valence-electron chi connectivity index (χ4n) is 1.83. The Balaban J connectivity index is 2.09. The third kappa shape index (κ3) is 7.72. The predicted octanol–water partition coefficient (Wildman–Crippen LogP) is 1.64. The monoisotopic (exact) mass is 300 g/mol. The van der Waals surface area contributed by atoms with Gasteiger partial charge in [-0.15, -0.1) is 0 Å². The Hall–Kier alpha value is -1.53. The largest absolute Gasteiger partial charge is 0.383 e. The van der Waals surface area contributed by atoms with Crippen LogP contribution in [0.3, 0.4) is 0 Å². The maximum absolute atomic E-state index is 13.0. The number of benzene rings is 1. The highest BCUT2D eigenvalue weighted by Crippen LogP contribution is 2.11. The minimum absolute atomic E-state index is 0.0360. The van der Waals surface area contributed by atoms with Crippen molar-refractivity contribution >= 4 is 5.91 Å². The number of rotatable bonds is 10. The van der Waals surface area contributed by atoms with Crippen LogP contribution in [0.4, 0.5) is 8.78 Å². The maximum atomic E-state index is 13.0. The first-order valence-corrected chi connectivity index (χ1v) is 7.03. The summed E-state index contributed by atoms with van der Waals surface area (Å²) in [7, 11) is 1.64. The Kier molecular flexibility index (Phi) is 8.54. The quantitative estimate of drug-likeness (QED) is 0.646. The standard InChI is InChI=1S/C15H22F2N2O2/c1-21-10-9-18-7-8-19-15(20)4-2-3-12-5-6-13(16)14(17)11-12/h5-6,11,18H,2-4,7-10H2,1H3,(H,19,20). The molecule has 0 aliphatic carbocycles. The number of hydrogen-bond donors (Lipinski definition) is 2. The lowest BCUT2D eigenvalue weighted by molar-refractivity contribution is -0.121. The second-order valence-corrected chi connectivity index (χ2v) is 4.69. The fraction of sp³-hybridized carbons (Fsp3) is 0.533. The summed E-state index contributed by atoms with van der Waals surface area (Å²) in [5.41, 5.74) is 0.697. The molecule has 6 heteroatoms. The molecule has 0 atom stereocenters. The summed E-state index contributed by atoms with van der Waals surface area (Å²) in [6.45, 7) is 2.65. The number of carbonyl (C=O) groups is 1. The molecule has 0 fully saturated rings. The third-order valence-corrected chi connectivity index (χ3v) is 2.96. The van der Waals surface area contributed by atoms with Crippen LogP contribution in [0.2, 0.25) is 0 Å². The van der Waals surface area contributed by atoms with Crippen molar-refractivity contribution in [2.24, 2.45) is 0 Å². The molecule has 1 aromatic carbocycles. The van der Waals surface area contributed by atoms with Crippen molar-refractivity contribution in [3.05, 3.63) is 35.4 Å². The molecule has 21 heavy (non-hydrogen) atoms. The van der Waals surface area contributed by atoms with Crippen molar-refractivity contribution in [3.8, 4) is 0 Å². The zero-order valence-corrected chi connectivity index (χ0v) is 12.3. The number of aryl methyl sites for hydroxylation is 1. The Morgan fingerprint density at radius 1 is 1.19 bits per heavy atom. The van der Waals surface area contributed by atoms with Crippen LogP contribution in [0.5, 0.6) is 0 Å². The smallest absolute Gasteiger partial charge is 0.220 e. The number of ether oxygens (including phenoxy) is 1. The predicted molar refractivity (Wildman–Crippen MR) is 77.1 cm³/mol. The summed E-state index contributed by atoms with van der Waals surface area (Å²) in [4.78, 5) is 11.5. The van der Waals surface area contributed by atoms with Gasteiger partial charge in [0.15, 0.2) is 11.6 Å². The molecule has 0 heterocycles. The maximum Gasteiger partial charge on any atom is 0.220 e. The molecule has 1 amide bonds. The van der Waals surface area contributed by atoms with E-state index >= 15 is 0 Å². The SMILES string of the molecule is COCCNCCNC(=O)CCCc1ccc(F)c(F)c1. The molecular formula is C15H22F2N2O2. The van der Waals surface area contributed by atoms with Gasteiger partial charge in [0.05, 0.1) is 6.61 Å². The van der Waals surface area contributed by atoms with Crippen LogP contribution in [-0.4, -0.2) is 39.3 Å². The van der Waals surface area contributed by atoms with Gasteiger partial charge >= 0.3 is 0 Å². The van der Waals surface area contributed by atoms with Crippen molar-refractivity contribution in [2.75, 3.05) is 33.4 Å². The van der Waals surface area contributed by atoms with Gasteiger partial charge < -0.3 is 15.4 Å². The molecule has 0 aliphatic rings. The van der Waals surface area contributed by atoms with Gasteiger partial charge in [0.25, 0.3) is 0 Å². The van der Waals surface area contributed by atoms with E-state index in [1.807, 2.05) is 0 Å². The van der Waals surface area contributed by atoms with Crippen LogP contribution in [0.15, 0.2) is 18.2 Å². The zero-order valence-electron chi connectivity index (χ0n) is 12.3. The van der Waals surface area contributed by atoms with Crippen LogP contribution in [0, 0.1) is 11.6 Å². The first-order valence-electron chi connectivity index (χ1n) is 7.03. The summed E-state index contributed by atoms with van der Waals surface area (Å²) in [6.07, 6.45) is 1.53. The van der Waals surface area contributed by atoms with E-state index in [2.05, 4.69) is 10.6 Å². The van der Waals surface area contributed by atoms with E-state index in [4.69, 9.17) is 4.74 Å². The highest BCUT2D eigenvalue weighted by molar-refractivity contribution is 5.75. The minimum Gasteiger partial charge on any atom is -0.383 e. The van der Waals surface area contributed by atoms with Crippen molar-refractivity contribution in [1.82, 2.24) is 10.6 Å². The summed E-state index contributed by atoms with van der Waals surface area (Å²) in [5, 5.41) is 5.91. The highest BCUT2D eigenvalue weighted by atomic mass is 19.2. The Morgan fingerprint density at radius 3 is 2.71 bits per heavy atom. The molecule has 118 valence electrons. The van der Waals surface area contributed by atoms with Crippen molar-refractivity contribution in [3.63, 3.8) is 0 Å². The van der Waals surface area contributed by atoms with Gasteiger partial charge in [-0.25, -0.2) is 8.78 Å². The molecular weight excluding hydrogens is 278 g/mol. The van der Waals surface area contributed by atoms with Crippen LogP contribution in [-0.2, 0) is 16.0 Å². The zero-order chi connectivity index (χ0) is 15.5. The molecule has 0 unspecified atom stereocenters. The summed E-state index contributed by atoms with van der Waals surface area (Å²) in [5.74, 6) is -1.73. The van der Waals surface area contributed by atoms with Crippen molar-refractivity contribution in [2.45, 2.75) is 19.3 Å². The second-order valence-electron chi connectivity index (χ2n) is 4.69. The van der Waals surface area contributed by atoms with Crippen LogP contribution >= 0.6 is 0 Å². The Bertz CT molecular complexity index is 442. The fourth-order valence-corrected chi connectivity index (χ4v) is 1.83. The minimum atomic E-state index is -0.850. The van der Waals surface area contributed by atoms with E-state index < -0.39 is 11.6 Å². The van der Waals surface area contributed by atoms with Crippen LogP contribution < -0.4 is 10.6 Å². The van der Waals surface area contributed by atoms with Crippen molar-refractivity contribution in [1.29, 1.82) is 0 Å². The lowest BCUT2D eigenvalue weighted by Crippen LogP contribution is -2.32. The normalized spacial score (nSPS) is 10.6. The summed E-state index contributed by atoms with van der Waals surface area (Å²) < 4.78 is 30.6. The number of methoxy groups -OCH3 is 1. The molecule has 0 aromatic heterocycles. The van der Waals surface area contributed by atoms with Gasteiger partial charge in [-0.3, -0.25) is 4.79 Å². The summed E-state index contributed by atoms with van der Waals surface area (Å²) >= 11 is 0. The lowest BCUT2D eigenvalue weighted by atomic mass is 10.1. The molecule has 0 spiro atoms. The van der Waals surface area contributed by atoms with Gasteiger partial charge in [-0.1, -0.05) is 6.07 Å². The number of carbonyl (C=O) groups excluding carboxylic acids is 1. The van der Waals surface area contributed by atoms with Gasteiger partial charge in [0, 0.05) is 33.2 Å². The topological polar surface area (TPSA) is 50.4 Å². The molecule has 0 aliphatic heterocycles. The molecule has 0 radical (unpaired) electrons. The van der Waals surface area contributed by atoms with Crippen LogP contribution in [0.25, 0.3) is 0 Å². The number of amides is 1. The number of halogens is 2. The molecule has 0 bridgehead atoms.